The molecule has 0 spiro atoms. The first-order chi connectivity index (χ1) is 16.8. The lowest BCUT2D eigenvalue weighted by atomic mass is 9.85. The van der Waals surface area contributed by atoms with E-state index in [-0.39, 0.29) is 40.3 Å². The van der Waals surface area contributed by atoms with Crippen LogP contribution >= 0.6 is 34.8 Å². The van der Waals surface area contributed by atoms with Gasteiger partial charge in [0.15, 0.2) is 5.78 Å². The summed E-state index contributed by atoms with van der Waals surface area (Å²) < 4.78 is 0. The van der Waals surface area contributed by atoms with Gasteiger partial charge in [0, 0.05) is 16.5 Å². The van der Waals surface area contributed by atoms with E-state index in [2.05, 4.69) is 0 Å². The number of benzene rings is 2. The summed E-state index contributed by atoms with van der Waals surface area (Å²) >= 11 is 18.4. The van der Waals surface area contributed by atoms with Crippen molar-refractivity contribution in [3.63, 3.8) is 0 Å². The number of alkyl halides is 1. The zero-order valence-electron chi connectivity index (χ0n) is 18.4. The Balaban J connectivity index is 1.60. The molecule has 5 rings (SSSR count). The first kappa shape index (κ1) is 24.0. The minimum absolute atomic E-state index is 0.0200. The van der Waals surface area contributed by atoms with E-state index >= 15 is 0 Å². The molecule has 0 N–H and O–H groups in total. The molecule has 2 aliphatic carbocycles. The third kappa shape index (κ3) is 3.98. The standard InChI is InChI=1S/C26H21Cl3N2O4/c27-12-11-20(23(32)14-7-9-17(28)10-8-14)30(24(33)18-3-1-2-4-19(18)29)31-25(34)21-15-5-6-16(13-15)22(21)26(31)35/h1-10,15-16,20-22H,11-13H2/t15-,16-,20-,21+,22+/m0/s1. The summed E-state index contributed by atoms with van der Waals surface area (Å²) in [5.41, 5.74) is 0.360. The Kier molecular flexibility index (Phi) is 6.47. The van der Waals surface area contributed by atoms with Crippen molar-refractivity contribution in [1.82, 2.24) is 10.0 Å². The van der Waals surface area contributed by atoms with Crippen LogP contribution in [0.25, 0.3) is 0 Å². The summed E-state index contributed by atoms with van der Waals surface area (Å²) in [6, 6.07) is 11.3. The molecule has 3 aliphatic rings. The second-order valence-electron chi connectivity index (χ2n) is 8.98. The van der Waals surface area contributed by atoms with Gasteiger partial charge in [-0.25, -0.2) is 5.01 Å². The fraction of sp³-hybridized carbons (Fsp3) is 0.308. The molecule has 0 aromatic heterocycles. The summed E-state index contributed by atoms with van der Waals surface area (Å²) in [5, 5.41) is 2.47. The lowest BCUT2D eigenvalue weighted by Gasteiger charge is -2.37. The largest absolute Gasteiger partial charge is 0.292 e. The normalized spacial score (nSPS) is 25.2. The molecule has 5 atom stereocenters. The Labute approximate surface area is 217 Å². The Morgan fingerprint density at radius 1 is 0.943 bits per heavy atom. The van der Waals surface area contributed by atoms with E-state index in [4.69, 9.17) is 34.8 Å². The fourth-order valence-electron chi connectivity index (χ4n) is 5.50. The maximum absolute atomic E-state index is 13.9. The number of Topliss-reactive ketones (excluding diaryl/α,β-unsaturated/α-hetero) is 1. The molecule has 180 valence electrons. The van der Waals surface area contributed by atoms with Gasteiger partial charge in [0.25, 0.3) is 17.7 Å². The maximum Gasteiger partial charge on any atom is 0.275 e. The highest BCUT2D eigenvalue weighted by atomic mass is 35.5. The van der Waals surface area contributed by atoms with Gasteiger partial charge in [-0.3, -0.25) is 19.2 Å². The number of halogens is 3. The summed E-state index contributed by atoms with van der Waals surface area (Å²) in [4.78, 5) is 54.9. The van der Waals surface area contributed by atoms with E-state index in [9.17, 15) is 19.2 Å². The van der Waals surface area contributed by atoms with Crippen LogP contribution in [0.1, 0.15) is 33.6 Å². The van der Waals surface area contributed by atoms with Crippen LogP contribution in [0.3, 0.4) is 0 Å². The summed E-state index contributed by atoms with van der Waals surface area (Å²) in [5.74, 6) is -3.28. The number of hydrogen-bond donors (Lipinski definition) is 0. The molecule has 35 heavy (non-hydrogen) atoms. The van der Waals surface area contributed by atoms with Gasteiger partial charge < -0.3 is 0 Å². The first-order valence-electron chi connectivity index (χ1n) is 11.3. The van der Waals surface area contributed by atoms with Crippen LogP contribution in [0.2, 0.25) is 10.0 Å². The molecule has 6 nitrogen and oxygen atoms in total. The smallest absolute Gasteiger partial charge is 0.275 e. The minimum atomic E-state index is -1.20. The van der Waals surface area contributed by atoms with Gasteiger partial charge in [-0.15, -0.1) is 11.6 Å². The SMILES string of the molecule is O=C(c1ccc(Cl)cc1)[C@H](CCCl)N(C(=O)c1ccccc1Cl)N1C(=O)[C@H]2[C@H](C1=O)[C@H]1C=C[C@H]2C1. The number of nitrogens with zero attached hydrogens (tertiary/aromatic N) is 2. The molecule has 1 heterocycles. The third-order valence-corrected chi connectivity index (χ3v) is 7.88. The van der Waals surface area contributed by atoms with Gasteiger partial charge in [0.2, 0.25) is 0 Å². The highest BCUT2D eigenvalue weighted by Crippen LogP contribution is 2.53. The highest BCUT2D eigenvalue weighted by Gasteiger charge is 2.62. The third-order valence-electron chi connectivity index (χ3n) is 7.08. The number of carbonyl (C=O) groups is 4. The van der Waals surface area contributed by atoms with Crippen molar-refractivity contribution in [3.8, 4) is 0 Å². The monoisotopic (exact) mass is 530 g/mol. The molecule has 9 heteroatoms. The number of allylic oxidation sites excluding steroid dienone is 2. The van der Waals surface area contributed by atoms with Gasteiger partial charge in [0.05, 0.1) is 22.4 Å². The predicted molar refractivity (Wildman–Crippen MR) is 132 cm³/mol. The van der Waals surface area contributed by atoms with E-state index < -0.39 is 41.4 Å². The van der Waals surface area contributed by atoms with Crippen molar-refractivity contribution < 1.29 is 19.2 Å². The highest BCUT2D eigenvalue weighted by molar-refractivity contribution is 6.34. The summed E-state index contributed by atoms with van der Waals surface area (Å²) in [7, 11) is 0. The van der Waals surface area contributed by atoms with Crippen LogP contribution in [0.5, 0.6) is 0 Å². The van der Waals surface area contributed by atoms with E-state index in [1.807, 2.05) is 12.2 Å². The van der Waals surface area contributed by atoms with E-state index in [1.54, 1.807) is 24.3 Å². The molecular weight excluding hydrogens is 511 g/mol. The number of hydrazine groups is 1. The number of imide groups is 1. The molecule has 2 aromatic rings. The summed E-state index contributed by atoms with van der Waals surface area (Å²) in [6.07, 6.45) is 4.70. The lowest BCUT2D eigenvalue weighted by molar-refractivity contribution is -0.157. The van der Waals surface area contributed by atoms with E-state index in [0.29, 0.717) is 5.02 Å². The van der Waals surface area contributed by atoms with Crippen molar-refractivity contribution in [2.75, 3.05) is 5.88 Å². The average molecular weight is 532 g/mol. The first-order valence-corrected chi connectivity index (χ1v) is 12.6. The molecule has 0 radical (unpaired) electrons. The van der Waals surface area contributed by atoms with Crippen LogP contribution in [0.4, 0.5) is 0 Å². The maximum atomic E-state index is 13.9. The van der Waals surface area contributed by atoms with Crippen molar-refractivity contribution in [2.24, 2.45) is 23.7 Å². The molecule has 1 aliphatic heterocycles. The molecule has 2 aromatic carbocycles. The van der Waals surface area contributed by atoms with Crippen LogP contribution in [0, 0.1) is 23.7 Å². The van der Waals surface area contributed by atoms with Crippen molar-refractivity contribution in [2.45, 2.75) is 18.9 Å². The number of rotatable bonds is 7. The molecular formula is C26H21Cl3N2O4. The number of amides is 3. The van der Waals surface area contributed by atoms with Crippen LogP contribution < -0.4 is 0 Å². The van der Waals surface area contributed by atoms with Gasteiger partial charge in [-0.05, 0) is 61.1 Å². The van der Waals surface area contributed by atoms with Crippen LogP contribution in [0.15, 0.2) is 60.7 Å². The number of carbonyl (C=O) groups excluding carboxylic acids is 4. The predicted octanol–water partition coefficient (Wildman–Crippen LogP) is 5.04. The lowest BCUT2D eigenvalue weighted by Crippen LogP contribution is -2.58. The van der Waals surface area contributed by atoms with Crippen molar-refractivity contribution in [3.05, 3.63) is 81.9 Å². The molecule has 1 saturated heterocycles. The number of fused-ring (bicyclic) bond motifs is 5. The molecule has 2 bridgehead atoms. The molecule has 1 saturated carbocycles. The van der Waals surface area contributed by atoms with Gasteiger partial charge in [-0.1, -0.05) is 47.5 Å². The van der Waals surface area contributed by atoms with Crippen molar-refractivity contribution in [1.29, 1.82) is 0 Å². The Hall–Kier alpha value is -2.67. The topological polar surface area (TPSA) is 74.8 Å². The van der Waals surface area contributed by atoms with E-state index in [0.717, 1.165) is 16.4 Å². The number of ketones is 1. The van der Waals surface area contributed by atoms with Gasteiger partial charge in [-0.2, -0.15) is 5.01 Å². The Bertz CT molecular complexity index is 1220. The Morgan fingerprint density at radius 2 is 1.54 bits per heavy atom. The minimum Gasteiger partial charge on any atom is -0.292 e. The average Bonchev–Trinajstić information content (AvgIpc) is 3.54. The van der Waals surface area contributed by atoms with Gasteiger partial charge in [0.1, 0.15) is 6.04 Å². The van der Waals surface area contributed by atoms with Crippen LogP contribution in [-0.2, 0) is 9.59 Å². The molecule has 3 amide bonds. The molecule has 0 unspecified atom stereocenters. The Morgan fingerprint density at radius 3 is 2.11 bits per heavy atom. The van der Waals surface area contributed by atoms with Crippen molar-refractivity contribution >= 4 is 58.3 Å². The zero-order chi connectivity index (χ0) is 24.9. The molecule has 2 fully saturated rings. The quantitative estimate of drug-likeness (QED) is 0.217. The van der Waals surface area contributed by atoms with E-state index in [1.165, 1.54) is 24.3 Å². The zero-order valence-corrected chi connectivity index (χ0v) is 20.7. The second-order valence-corrected chi connectivity index (χ2v) is 10.2. The fourth-order valence-corrected chi connectivity index (χ4v) is 6.05. The number of hydrogen-bond acceptors (Lipinski definition) is 4. The van der Waals surface area contributed by atoms with Gasteiger partial charge >= 0.3 is 0 Å². The second kappa shape index (κ2) is 9.41. The van der Waals surface area contributed by atoms with Crippen LogP contribution in [-0.4, -0.2) is 45.4 Å². The summed E-state index contributed by atoms with van der Waals surface area (Å²) in [6.45, 7) is 0.